The van der Waals surface area contributed by atoms with Crippen molar-refractivity contribution in [3.63, 3.8) is 0 Å². The van der Waals surface area contributed by atoms with Crippen LogP contribution in [0, 0.1) is 0 Å². The van der Waals surface area contributed by atoms with Crippen LogP contribution in [-0.4, -0.2) is 29.9 Å². The van der Waals surface area contributed by atoms with E-state index in [0.717, 1.165) is 6.61 Å². The van der Waals surface area contributed by atoms with E-state index in [0.29, 0.717) is 11.0 Å². The number of ether oxygens (including phenoxy) is 1. The summed E-state index contributed by atoms with van der Waals surface area (Å²) in [6.45, 7) is 4.16. The fourth-order valence-electron chi connectivity index (χ4n) is 2.36. The molecule has 0 bridgehead atoms. The largest absolute Gasteiger partial charge is 0.379 e. The molecule has 1 N–H and O–H groups in total. The standard InChI is InChI=1S/C10H19NOS/c1-2-12-9-3-5-10(6-4-9)11-7-8-13-10/h9,11H,2-8H2,1H3. The summed E-state index contributed by atoms with van der Waals surface area (Å²) in [5, 5.41) is 3.64. The zero-order valence-electron chi connectivity index (χ0n) is 8.34. The molecule has 1 heterocycles. The van der Waals surface area contributed by atoms with Gasteiger partial charge < -0.3 is 10.1 Å². The number of nitrogens with one attached hydrogen (secondary N) is 1. The zero-order valence-corrected chi connectivity index (χ0v) is 9.16. The highest BCUT2D eigenvalue weighted by Crippen LogP contribution is 2.40. The molecule has 1 saturated carbocycles. The molecule has 0 unspecified atom stereocenters. The van der Waals surface area contributed by atoms with Gasteiger partial charge in [-0.2, -0.15) is 0 Å². The summed E-state index contributed by atoms with van der Waals surface area (Å²) < 4.78 is 5.65. The molecular formula is C10H19NOS. The van der Waals surface area contributed by atoms with E-state index in [9.17, 15) is 0 Å². The molecule has 1 aliphatic carbocycles. The Hall–Kier alpha value is 0.270. The summed E-state index contributed by atoms with van der Waals surface area (Å²) in [5.74, 6) is 1.29. The highest BCUT2D eigenvalue weighted by Gasteiger charge is 2.38. The van der Waals surface area contributed by atoms with Crippen LogP contribution in [0.1, 0.15) is 32.6 Å². The van der Waals surface area contributed by atoms with E-state index in [1.165, 1.54) is 38.0 Å². The minimum atomic E-state index is 0.438. The first-order valence-corrected chi connectivity index (χ1v) is 6.34. The van der Waals surface area contributed by atoms with Gasteiger partial charge in [0.1, 0.15) is 0 Å². The average Bonchev–Trinajstić information content (AvgIpc) is 2.59. The Morgan fingerprint density at radius 1 is 1.46 bits per heavy atom. The van der Waals surface area contributed by atoms with Crippen LogP contribution in [0.2, 0.25) is 0 Å². The van der Waals surface area contributed by atoms with Crippen LogP contribution < -0.4 is 5.32 Å². The summed E-state index contributed by atoms with van der Waals surface area (Å²) >= 11 is 2.12. The molecule has 0 radical (unpaired) electrons. The molecule has 0 amide bonds. The SMILES string of the molecule is CCOC1CCC2(CC1)NCCS2. The lowest BCUT2D eigenvalue weighted by molar-refractivity contribution is 0.0278. The molecule has 2 aliphatic rings. The Kier molecular flexibility index (Phi) is 3.17. The molecule has 2 nitrogen and oxygen atoms in total. The van der Waals surface area contributed by atoms with E-state index in [-0.39, 0.29) is 0 Å². The Morgan fingerprint density at radius 2 is 2.23 bits per heavy atom. The van der Waals surface area contributed by atoms with E-state index < -0.39 is 0 Å². The van der Waals surface area contributed by atoms with Crippen LogP contribution >= 0.6 is 11.8 Å². The minimum absolute atomic E-state index is 0.438. The Labute approximate surface area is 84.8 Å². The topological polar surface area (TPSA) is 21.3 Å². The van der Waals surface area contributed by atoms with Crippen molar-refractivity contribution in [2.75, 3.05) is 18.9 Å². The molecule has 1 spiro atoms. The van der Waals surface area contributed by atoms with Crippen LogP contribution in [0.15, 0.2) is 0 Å². The highest BCUT2D eigenvalue weighted by molar-refractivity contribution is 8.00. The molecule has 2 fully saturated rings. The van der Waals surface area contributed by atoms with E-state index in [2.05, 4.69) is 24.0 Å². The maximum absolute atomic E-state index is 5.65. The Bertz CT molecular complexity index is 158. The Balaban J connectivity index is 1.81. The fourth-order valence-corrected chi connectivity index (χ4v) is 3.68. The monoisotopic (exact) mass is 201 g/mol. The molecule has 0 aromatic carbocycles. The first-order valence-electron chi connectivity index (χ1n) is 5.35. The van der Waals surface area contributed by atoms with Crippen LogP contribution in [-0.2, 0) is 4.74 Å². The third-order valence-electron chi connectivity index (χ3n) is 3.07. The summed E-state index contributed by atoms with van der Waals surface area (Å²) in [5.41, 5.74) is 0. The molecule has 1 saturated heterocycles. The molecule has 3 heteroatoms. The minimum Gasteiger partial charge on any atom is -0.379 e. The van der Waals surface area contributed by atoms with Crippen LogP contribution in [0.25, 0.3) is 0 Å². The van der Waals surface area contributed by atoms with Gasteiger partial charge in [-0.25, -0.2) is 0 Å². The van der Waals surface area contributed by atoms with Crippen molar-refractivity contribution < 1.29 is 4.74 Å². The van der Waals surface area contributed by atoms with Gasteiger partial charge >= 0.3 is 0 Å². The predicted molar refractivity (Wildman–Crippen MR) is 57.1 cm³/mol. The van der Waals surface area contributed by atoms with E-state index >= 15 is 0 Å². The molecule has 2 rings (SSSR count). The molecular weight excluding hydrogens is 182 g/mol. The smallest absolute Gasteiger partial charge is 0.0647 e. The van der Waals surface area contributed by atoms with Crippen molar-refractivity contribution in [3.8, 4) is 0 Å². The van der Waals surface area contributed by atoms with Crippen molar-refractivity contribution in [1.82, 2.24) is 5.32 Å². The first-order chi connectivity index (χ1) is 6.35. The zero-order chi connectivity index (χ0) is 9.15. The van der Waals surface area contributed by atoms with Gasteiger partial charge in [-0.3, -0.25) is 0 Å². The molecule has 1 aliphatic heterocycles. The first kappa shape index (κ1) is 9.81. The van der Waals surface area contributed by atoms with Crippen LogP contribution in [0.4, 0.5) is 0 Å². The number of rotatable bonds is 2. The lowest BCUT2D eigenvalue weighted by Gasteiger charge is -2.36. The predicted octanol–water partition coefficient (Wildman–Crippen LogP) is 2.00. The van der Waals surface area contributed by atoms with E-state index in [4.69, 9.17) is 4.74 Å². The van der Waals surface area contributed by atoms with Crippen LogP contribution in [0.5, 0.6) is 0 Å². The van der Waals surface area contributed by atoms with Gasteiger partial charge in [-0.05, 0) is 32.6 Å². The Morgan fingerprint density at radius 3 is 2.77 bits per heavy atom. The molecule has 0 atom stereocenters. The lowest BCUT2D eigenvalue weighted by atomic mass is 9.92. The summed E-state index contributed by atoms with van der Waals surface area (Å²) in [4.78, 5) is 0.438. The van der Waals surface area contributed by atoms with Gasteiger partial charge in [0.15, 0.2) is 0 Å². The average molecular weight is 201 g/mol. The second kappa shape index (κ2) is 4.20. The summed E-state index contributed by atoms with van der Waals surface area (Å²) in [6, 6.07) is 0. The maximum atomic E-state index is 5.65. The van der Waals surface area contributed by atoms with Gasteiger partial charge in [0.25, 0.3) is 0 Å². The quantitative estimate of drug-likeness (QED) is 0.738. The summed E-state index contributed by atoms with van der Waals surface area (Å²) in [7, 11) is 0. The molecule has 0 aromatic heterocycles. The van der Waals surface area contributed by atoms with Gasteiger partial charge in [-0.15, -0.1) is 11.8 Å². The van der Waals surface area contributed by atoms with Crippen molar-refractivity contribution in [2.45, 2.75) is 43.6 Å². The van der Waals surface area contributed by atoms with Gasteiger partial charge in [0, 0.05) is 18.9 Å². The highest BCUT2D eigenvalue weighted by atomic mass is 32.2. The summed E-state index contributed by atoms with van der Waals surface area (Å²) in [6.07, 6.45) is 5.62. The number of hydrogen-bond acceptors (Lipinski definition) is 3. The maximum Gasteiger partial charge on any atom is 0.0647 e. The van der Waals surface area contributed by atoms with Crippen LogP contribution in [0.3, 0.4) is 0 Å². The van der Waals surface area contributed by atoms with Gasteiger partial charge in [0.2, 0.25) is 0 Å². The number of thioether (sulfide) groups is 1. The molecule has 13 heavy (non-hydrogen) atoms. The lowest BCUT2D eigenvalue weighted by Crippen LogP contribution is -2.42. The van der Waals surface area contributed by atoms with Crippen molar-refractivity contribution in [1.29, 1.82) is 0 Å². The van der Waals surface area contributed by atoms with E-state index in [1.54, 1.807) is 0 Å². The van der Waals surface area contributed by atoms with Gasteiger partial charge in [-0.1, -0.05) is 0 Å². The molecule has 76 valence electrons. The van der Waals surface area contributed by atoms with Crippen molar-refractivity contribution >= 4 is 11.8 Å². The van der Waals surface area contributed by atoms with Gasteiger partial charge in [0.05, 0.1) is 11.0 Å². The molecule has 0 aromatic rings. The van der Waals surface area contributed by atoms with E-state index in [1.807, 2.05) is 0 Å². The third-order valence-corrected chi connectivity index (χ3v) is 4.58. The second-order valence-electron chi connectivity index (χ2n) is 3.92. The number of hydrogen-bond donors (Lipinski definition) is 1. The fraction of sp³-hybridized carbons (Fsp3) is 1.00. The van der Waals surface area contributed by atoms with Crippen molar-refractivity contribution in [2.24, 2.45) is 0 Å². The van der Waals surface area contributed by atoms with Crippen molar-refractivity contribution in [3.05, 3.63) is 0 Å². The second-order valence-corrected chi connectivity index (χ2v) is 5.40. The third kappa shape index (κ3) is 2.20. The normalized spacial score (nSPS) is 39.9.